The van der Waals surface area contributed by atoms with E-state index < -0.39 is 0 Å². The molecule has 0 aromatic carbocycles. The van der Waals surface area contributed by atoms with Crippen LogP contribution in [0.1, 0.15) is 10.4 Å². The van der Waals surface area contributed by atoms with Crippen molar-refractivity contribution >= 4 is 43.2 Å². The van der Waals surface area contributed by atoms with Crippen LogP contribution in [-0.2, 0) is 10.7 Å². The zero-order valence-electron chi connectivity index (χ0n) is 4.73. The van der Waals surface area contributed by atoms with E-state index in [1.165, 1.54) is 10.4 Å². The molecule has 1 rings (SSSR count). The highest BCUT2D eigenvalue weighted by Gasteiger charge is 1.98. The summed E-state index contributed by atoms with van der Waals surface area (Å²) >= 11 is 8.63. The van der Waals surface area contributed by atoms with Crippen molar-refractivity contribution in [3.8, 4) is 0 Å². The molecule has 3 heteroatoms. The summed E-state index contributed by atoms with van der Waals surface area (Å²) in [5, 5.41) is 4.07. The van der Waals surface area contributed by atoms with Crippen LogP contribution in [0, 0.1) is 0 Å². The van der Waals surface area contributed by atoms with Gasteiger partial charge in [-0.25, -0.2) is 0 Å². The molecule has 9 heavy (non-hydrogen) atoms. The first-order chi connectivity index (χ1) is 4.38. The van der Waals surface area contributed by atoms with Gasteiger partial charge in [0, 0.05) is 15.5 Å². The molecule has 0 bridgehead atoms. The molecule has 0 spiro atoms. The zero-order valence-corrected chi connectivity index (χ0v) is 8.72. The van der Waals surface area contributed by atoms with Gasteiger partial charge in [0.25, 0.3) is 0 Å². The molecule has 0 saturated heterocycles. The van der Waals surface area contributed by atoms with Crippen LogP contribution in [0.5, 0.6) is 0 Å². The van der Waals surface area contributed by atoms with Crippen LogP contribution in [0.4, 0.5) is 0 Å². The molecule has 0 N–H and O–H groups in total. The Bertz CT molecular complexity index is 164. The predicted octanol–water partition coefficient (Wildman–Crippen LogP) is 3.54. The van der Waals surface area contributed by atoms with Crippen LogP contribution in [0.15, 0.2) is 11.4 Å². The summed E-state index contributed by atoms with van der Waals surface area (Å²) in [4.78, 5) is 1.42. The third-order valence-electron chi connectivity index (χ3n) is 1.10. The molecule has 1 heterocycles. The largest absolute Gasteiger partial charge is 0.148 e. The van der Waals surface area contributed by atoms with Crippen LogP contribution in [0.3, 0.4) is 0 Å². The fourth-order valence-corrected chi connectivity index (χ4v) is 2.82. The Labute approximate surface area is 75.5 Å². The standard InChI is InChI=1S/C6H6Br2S/c7-3-5-1-2-9-6(5)4-8/h1-2H,3-4H2. The fourth-order valence-electron chi connectivity index (χ4n) is 0.603. The lowest BCUT2D eigenvalue weighted by molar-refractivity contribution is 1.39. The van der Waals surface area contributed by atoms with Crippen molar-refractivity contribution in [2.24, 2.45) is 0 Å². The maximum absolute atomic E-state index is 3.42. The van der Waals surface area contributed by atoms with Gasteiger partial charge in [-0.05, 0) is 17.0 Å². The average Bonchev–Trinajstić information content (AvgIpc) is 2.33. The van der Waals surface area contributed by atoms with Crippen molar-refractivity contribution < 1.29 is 0 Å². The van der Waals surface area contributed by atoms with E-state index in [1.54, 1.807) is 11.3 Å². The van der Waals surface area contributed by atoms with E-state index in [1.807, 2.05) is 0 Å². The van der Waals surface area contributed by atoms with Crippen LogP contribution in [0.25, 0.3) is 0 Å². The zero-order chi connectivity index (χ0) is 6.69. The second-order valence-electron chi connectivity index (χ2n) is 1.64. The van der Waals surface area contributed by atoms with E-state index in [4.69, 9.17) is 0 Å². The van der Waals surface area contributed by atoms with Gasteiger partial charge in [0.1, 0.15) is 0 Å². The smallest absolute Gasteiger partial charge is 0.0380 e. The lowest BCUT2D eigenvalue weighted by Gasteiger charge is -1.91. The van der Waals surface area contributed by atoms with Crippen molar-refractivity contribution in [1.29, 1.82) is 0 Å². The molecule has 0 unspecified atom stereocenters. The quantitative estimate of drug-likeness (QED) is 0.721. The molecule has 1 aromatic rings. The van der Waals surface area contributed by atoms with Crippen molar-refractivity contribution in [1.82, 2.24) is 0 Å². The Kier molecular flexibility index (Phi) is 3.22. The Balaban J connectivity index is 2.85. The van der Waals surface area contributed by atoms with Gasteiger partial charge in [-0.2, -0.15) is 0 Å². The SMILES string of the molecule is BrCc1ccsc1CBr. The van der Waals surface area contributed by atoms with Gasteiger partial charge in [0.15, 0.2) is 0 Å². The lowest BCUT2D eigenvalue weighted by atomic mass is 10.3. The predicted molar refractivity (Wildman–Crippen MR) is 49.6 cm³/mol. The molecule has 0 saturated carbocycles. The molecule has 0 aliphatic carbocycles. The molecule has 1 aromatic heterocycles. The minimum absolute atomic E-state index is 0.970. The number of rotatable bonds is 2. The van der Waals surface area contributed by atoms with Gasteiger partial charge in [-0.1, -0.05) is 31.9 Å². The second kappa shape index (κ2) is 3.74. The maximum atomic E-state index is 3.42. The molecule has 0 amide bonds. The van der Waals surface area contributed by atoms with Crippen LogP contribution in [-0.4, -0.2) is 0 Å². The highest BCUT2D eigenvalue weighted by Crippen LogP contribution is 2.21. The van der Waals surface area contributed by atoms with Crippen molar-refractivity contribution in [2.75, 3.05) is 0 Å². The van der Waals surface area contributed by atoms with Crippen LogP contribution >= 0.6 is 43.2 Å². The summed E-state index contributed by atoms with van der Waals surface area (Å²) in [7, 11) is 0. The summed E-state index contributed by atoms with van der Waals surface area (Å²) < 4.78 is 0. The molecule has 0 radical (unpaired) electrons. The van der Waals surface area contributed by atoms with Gasteiger partial charge in [0.2, 0.25) is 0 Å². The molecular weight excluding hydrogens is 264 g/mol. The topological polar surface area (TPSA) is 0 Å². The maximum Gasteiger partial charge on any atom is 0.0380 e. The number of thiophene rings is 1. The van der Waals surface area contributed by atoms with Crippen molar-refractivity contribution in [2.45, 2.75) is 10.7 Å². The lowest BCUT2D eigenvalue weighted by Crippen LogP contribution is -1.75. The Hall–Kier alpha value is 0.660. The Morgan fingerprint density at radius 2 is 2.11 bits per heavy atom. The monoisotopic (exact) mass is 268 g/mol. The van der Waals surface area contributed by atoms with Crippen LogP contribution in [0.2, 0.25) is 0 Å². The van der Waals surface area contributed by atoms with Crippen LogP contribution < -0.4 is 0 Å². The van der Waals surface area contributed by atoms with Gasteiger partial charge in [-0.3, -0.25) is 0 Å². The van der Waals surface area contributed by atoms with E-state index >= 15 is 0 Å². The number of halogens is 2. The number of hydrogen-bond donors (Lipinski definition) is 0. The Morgan fingerprint density at radius 1 is 1.33 bits per heavy atom. The summed E-state index contributed by atoms with van der Waals surface area (Å²) in [5.41, 5.74) is 1.40. The summed E-state index contributed by atoms with van der Waals surface area (Å²) in [5.74, 6) is 0. The van der Waals surface area contributed by atoms with E-state index in [-0.39, 0.29) is 0 Å². The normalized spacial score (nSPS) is 10.0. The van der Waals surface area contributed by atoms with E-state index in [9.17, 15) is 0 Å². The number of hydrogen-bond acceptors (Lipinski definition) is 1. The van der Waals surface area contributed by atoms with Gasteiger partial charge >= 0.3 is 0 Å². The third-order valence-corrected chi connectivity index (χ3v) is 3.60. The first-order valence-corrected chi connectivity index (χ1v) is 5.68. The fraction of sp³-hybridized carbons (Fsp3) is 0.333. The van der Waals surface area contributed by atoms with E-state index in [2.05, 4.69) is 43.3 Å². The minimum Gasteiger partial charge on any atom is -0.148 e. The Morgan fingerprint density at radius 3 is 2.56 bits per heavy atom. The van der Waals surface area contributed by atoms with Crippen molar-refractivity contribution in [3.05, 3.63) is 21.9 Å². The van der Waals surface area contributed by atoms with E-state index in [0.717, 1.165) is 10.7 Å². The van der Waals surface area contributed by atoms with E-state index in [0.29, 0.717) is 0 Å². The molecule has 0 fully saturated rings. The molecule has 50 valence electrons. The molecule has 0 atom stereocenters. The molecular formula is C6H6Br2S. The first kappa shape index (κ1) is 7.76. The highest BCUT2D eigenvalue weighted by atomic mass is 79.9. The molecule has 0 aliphatic rings. The van der Waals surface area contributed by atoms with Crippen molar-refractivity contribution in [3.63, 3.8) is 0 Å². The summed E-state index contributed by atoms with van der Waals surface area (Å²) in [6, 6.07) is 2.15. The van der Waals surface area contributed by atoms with Gasteiger partial charge in [0.05, 0.1) is 0 Å². The highest BCUT2D eigenvalue weighted by molar-refractivity contribution is 9.09. The summed E-state index contributed by atoms with van der Waals surface area (Å²) in [6.45, 7) is 0. The molecule has 0 aliphatic heterocycles. The third kappa shape index (κ3) is 1.79. The number of alkyl halides is 2. The summed E-state index contributed by atoms with van der Waals surface area (Å²) in [6.07, 6.45) is 0. The average molecular weight is 270 g/mol. The van der Waals surface area contributed by atoms with Gasteiger partial charge in [-0.15, -0.1) is 11.3 Å². The minimum atomic E-state index is 0.970. The molecule has 0 nitrogen and oxygen atoms in total. The van der Waals surface area contributed by atoms with Gasteiger partial charge < -0.3 is 0 Å². The second-order valence-corrected chi connectivity index (χ2v) is 3.76. The first-order valence-electron chi connectivity index (χ1n) is 2.55.